The fourth-order valence-corrected chi connectivity index (χ4v) is 2.77. The molecule has 0 aliphatic carbocycles. The summed E-state index contributed by atoms with van der Waals surface area (Å²) in [5, 5.41) is 0. The number of unbranched alkanes of at least 4 members (excludes halogenated alkanes) is 6. The van der Waals surface area contributed by atoms with Gasteiger partial charge < -0.3 is 4.42 Å². The lowest BCUT2D eigenvalue weighted by molar-refractivity contribution is -0.118. The van der Waals surface area contributed by atoms with E-state index in [-0.39, 0.29) is 5.91 Å². The molecule has 1 aromatic heterocycles. The number of anilines is 1. The first-order valence-corrected chi connectivity index (χ1v) is 9.05. The van der Waals surface area contributed by atoms with Gasteiger partial charge in [-0.15, -0.1) is 0 Å². The molecule has 1 amide bonds. The van der Waals surface area contributed by atoms with Crippen LogP contribution in [0.3, 0.4) is 0 Å². The Morgan fingerprint density at radius 3 is 2.42 bits per heavy atom. The molecule has 0 aliphatic heterocycles. The molecule has 4 heteroatoms. The highest BCUT2D eigenvalue weighted by molar-refractivity contribution is 5.92. The molecule has 1 heterocycles. The Labute approximate surface area is 144 Å². The molecule has 2 rings (SSSR count). The second kappa shape index (κ2) is 10.6. The van der Waals surface area contributed by atoms with Crippen LogP contribution in [0.5, 0.6) is 0 Å². The van der Waals surface area contributed by atoms with Gasteiger partial charge in [-0.25, -0.2) is 4.98 Å². The maximum atomic E-state index is 12.6. The Kier molecular flexibility index (Phi) is 8.08. The van der Waals surface area contributed by atoms with E-state index in [4.69, 9.17) is 4.42 Å². The van der Waals surface area contributed by atoms with Crippen LogP contribution in [0.2, 0.25) is 0 Å². The van der Waals surface area contributed by atoms with Crippen LogP contribution in [0, 0.1) is 0 Å². The molecule has 0 aliphatic rings. The summed E-state index contributed by atoms with van der Waals surface area (Å²) < 4.78 is 5.36. The lowest BCUT2D eigenvalue weighted by Gasteiger charge is -2.18. The number of aromatic nitrogens is 1. The van der Waals surface area contributed by atoms with E-state index in [1.807, 2.05) is 30.3 Å². The van der Waals surface area contributed by atoms with Crippen LogP contribution >= 0.6 is 0 Å². The van der Waals surface area contributed by atoms with E-state index in [1.165, 1.54) is 38.4 Å². The SMILES string of the molecule is CCCCCCCCCN(C(=O)Cc1ccccc1)c1ncco1. The second-order valence-corrected chi connectivity index (χ2v) is 6.14. The molecule has 2 aromatic rings. The predicted molar refractivity (Wildman–Crippen MR) is 97.0 cm³/mol. The molecule has 0 unspecified atom stereocenters. The van der Waals surface area contributed by atoms with E-state index >= 15 is 0 Å². The van der Waals surface area contributed by atoms with Crippen molar-refractivity contribution >= 4 is 11.9 Å². The van der Waals surface area contributed by atoms with Crippen LogP contribution in [0.15, 0.2) is 47.2 Å². The average molecular weight is 328 g/mol. The van der Waals surface area contributed by atoms with Crippen LogP contribution < -0.4 is 4.90 Å². The zero-order valence-electron chi connectivity index (χ0n) is 14.6. The number of hydrogen-bond donors (Lipinski definition) is 0. The molecular formula is C20H28N2O2. The highest BCUT2D eigenvalue weighted by Crippen LogP contribution is 2.15. The Balaban J connectivity index is 1.83. The molecule has 0 atom stereocenters. The smallest absolute Gasteiger partial charge is 0.303 e. The second-order valence-electron chi connectivity index (χ2n) is 6.14. The number of amides is 1. The van der Waals surface area contributed by atoms with Crippen molar-refractivity contribution in [2.75, 3.05) is 11.4 Å². The van der Waals surface area contributed by atoms with Crippen LogP contribution in [-0.4, -0.2) is 17.4 Å². The first-order chi connectivity index (χ1) is 11.8. The van der Waals surface area contributed by atoms with Gasteiger partial charge in [0.1, 0.15) is 6.26 Å². The topological polar surface area (TPSA) is 46.3 Å². The van der Waals surface area contributed by atoms with Gasteiger partial charge in [0.15, 0.2) is 0 Å². The highest BCUT2D eigenvalue weighted by atomic mass is 16.4. The zero-order valence-corrected chi connectivity index (χ0v) is 14.6. The van der Waals surface area contributed by atoms with E-state index in [1.54, 1.807) is 11.1 Å². The predicted octanol–water partition coefficient (Wildman–Crippen LogP) is 5.00. The molecule has 0 fully saturated rings. The van der Waals surface area contributed by atoms with E-state index < -0.39 is 0 Å². The van der Waals surface area contributed by atoms with Crippen molar-refractivity contribution in [3.8, 4) is 0 Å². The summed E-state index contributed by atoms with van der Waals surface area (Å²) in [5.41, 5.74) is 1.01. The third-order valence-electron chi connectivity index (χ3n) is 4.13. The van der Waals surface area contributed by atoms with Crippen LogP contribution in [-0.2, 0) is 11.2 Å². The minimum Gasteiger partial charge on any atom is -0.432 e. The van der Waals surface area contributed by atoms with Gasteiger partial charge in [-0.2, -0.15) is 0 Å². The van der Waals surface area contributed by atoms with Crippen LogP contribution in [0.25, 0.3) is 0 Å². The van der Waals surface area contributed by atoms with Crippen molar-refractivity contribution in [1.82, 2.24) is 4.98 Å². The fraction of sp³-hybridized carbons (Fsp3) is 0.500. The largest absolute Gasteiger partial charge is 0.432 e. The summed E-state index contributed by atoms with van der Waals surface area (Å²) in [4.78, 5) is 18.5. The van der Waals surface area contributed by atoms with Gasteiger partial charge in [-0.3, -0.25) is 9.69 Å². The molecule has 0 saturated heterocycles. The average Bonchev–Trinajstić information content (AvgIpc) is 3.12. The van der Waals surface area contributed by atoms with E-state index in [2.05, 4.69) is 11.9 Å². The molecule has 0 bridgehead atoms. The molecule has 0 radical (unpaired) electrons. The minimum atomic E-state index is 0.0367. The summed E-state index contributed by atoms with van der Waals surface area (Å²) >= 11 is 0. The number of oxazole rings is 1. The molecule has 24 heavy (non-hydrogen) atoms. The first-order valence-electron chi connectivity index (χ1n) is 9.05. The number of nitrogens with zero attached hydrogens (tertiary/aromatic N) is 2. The van der Waals surface area contributed by atoms with Gasteiger partial charge in [-0.05, 0) is 12.0 Å². The standard InChI is InChI=1S/C20H28N2O2/c1-2-3-4-5-6-7-11-15-22(20-21-14-16-24-20)19(23)17-18-12-9-8-10-13-18/h8-10,12-14,16H,2-7,11,15,17H2,1H3. The molecule has 0 spiro atoms. The number of carbonyl (C=O) groups is 1. The van der Waals surface area contributed by atoms with Gasteiger partial charge in [0.25, 0.3) is 0 Å². The van der Waals surface area contributed by atoms with Gasteiger partial charge in [-0.1, -0.05) is 75.8 Å². The van der Waals surface area contributed by atoms with E-state index in [9.17, 15) is 4.79 Å². The van der Waals surface area contributed by atoms with Crippen molar-refractivity contribution in [2.24, 2.45) is 0 Å². The summed E-state index contributed by atoms with van der Waals surface area (Å²) in [6.07, 6.45) is 12.0. The van der Waals surface area contributed by atoms with Gasteiger partial charge in [0, 0.05) is 6.54 Å². The van der Waals surface area contributed by atoms with Crippen molar-refractivity contribution in [2.45, 2.75) is 58.3 Å². The Hall–Kier alpha value is -2.10. The highest BCUT2D eigenvalue weighted by Gasteiger charge is 2.19. The zero-order chi connectivity index (χ0) is 17.0. The first kappa shape index (κ1) is 18.2. The summed E-state index contributed by atoms with van der Waals surface area (Å²) in [5.74, 6) is 0.0367. The number of benzene rings is 1. The summed E-state index contributed by atoms with van der Waals surface area (Å²) in [6, 6.07) is 10.2. The van der Waals surface area contributed by atoms with E-state index in [0.717, 1.165) is 18.4 Å². The normalized spacial score (nSPS) is 10.7. The lowest BCUT2D eigenvalue weighted by Crippen LogP contribution is -2.33. The van der Waals surface area contributed by atoms with Crippen LogP contribution in [0.1, 0.15) is 57.4 Å². The Morgan fingerprint density at radius 2 is 1.75 bits per heavy atom. The quantitative estimate of drug-likeness (QED) is 0.545. The molecule has 4 nitrogen and oxygen atoms in total. The maximum absolute atomic E-state index is 12.6. The third kappa shape index (κ3) is 6.19. The fourth-order valence-electron chi connectivity index (χ4n) is 2.77. The van der Waals surface area contributed by atoms with Crippen LogP contribution in [0.4, 0.5) is 6.01 Å². The monoisotopic (exact) mass is 328 g/mol. The molecule has 0 saturated carbocycles. The molecular weight excluding hydrogens is 300 g/mol. The maximum Gasteiger partial charge on any atom is 0.303 e. The number of rotatable bonds is 11. The van der Waals surface area contributed by atoms with Gasteiger partial charge in [0.2, 0.25) is 5.91 Å². The Bertz CT molecular complexity index is 567. The van der Waals surface area contributed by atoms with Crippen molar-refractivity contribution in [3.63, 3.8) is 0 Å². The number of hydrogen-bond acceptors (Lipinski definition) is 3. The van der Waals surface area contributed by atoms with E-state index in [0.29, 0.717) is 19.0 Å². The van der Waals surface area contributed by atoms with Crippen molar-refractivity contribution < 1.29 is 9.21 Å². The number of carbonyl (C=O) groups excluding carboxylic acids is 1. The molecule has 130 valence electrons. The molecule has 1 aromatic carbocycles. The summed E-state index contributed by atoms with van der Waals surface area (Å²) in [7, 11) is 0. The lowest BCUT2D eigenvalue weighted by atomic mass is 10.1. The Morgan fingerprint density at radius 1 is 1.04 bits per heavy atom. The minimum absolute atomic E-state index is 0.0367. The van der Waals surface area contributed by atoms with Gasteiger partial charge >= 0.3 is 6.01 Å². The molecule has 0 N–H and O–H groups in total. The third-order valence-corrected chi connectivity index (χ3v) is 4.13. The van der Waals surface area contributed by atoms with Crippen molar-refractivity contribution in [1.29, 1.82) is 0 Å². The summed E-state index contributed by atoms with van der Waals surface area (Å²) in [6.45, 7) is 2.90. The van der Waals surface area contributed by atoms with Crippen molar-refractivity contribution in [3.05, 3.63) is 48.4 Å². The van der Waals surface area contributed by atoms with Gasteiger partial charge in [0.05, 0.1) is 12.6 Å².